The van der Waals surface area contributed by atoms with Crippen molar-refractivity contribution in [1.29, 1.82) is 0 Å². The van der Waals surface area contributed by atoms with Crippen molar-refractivity contribution in [2.45, 2.75) is 23.6 Å². The number of anilines is 1. The van der Waals surface area contributed by atoms with Gasteiger partial charge in [0.1, 0.15) is 11.6 Å². The molecular formula is C19H23N6OS2+. The van der Waals surface area contributed by atoms with Crippen LogP contribution in [0.2, 0.25) is 0 Å². The number of benzene rings is 1. The van der Waals surface area contributed by atoms with Crippen LogP contribution < -0.4 is 15.4 Å². The van der Waals surface area contributed by atoms with Crippen LogP contribution in [-0.4, -0.2) is 46.3 Å². The number of aryl methyl sites for hydroxylation is 1. The van der Waals surface area contributed by atoms with E-state index >= 15 is 0 Å². The van der Waals surface area contributed by atoms with Crippen LogP contribution >= 0.6 is 23.1 Å². The van der Waals surface area contributed by atoms with Gasteiger partial charge in [0.15, 0.2) is 4.34 Å². The molecule has 1 fully saturated rings. The Morgan fingerprint density at radius 3 is 2.71 bits per heavy atom. The van der Waals surface area contributed by atoms with E-state index in [-0.39, 0.29) is 5.56 Å². The lowest BCUT2D eigenvalue weighted by molar-refractivity contribution is -0.914. The second-order valence-electron chi connectivity index (χ2n) is 6.84. The fourth-order valence-corrected chi connectivity index (χ4v) is 4.99. The maximum absolute atomic E-state index is 12.1. The van der Waals surface area contributed by atoms with Gasteiger partial charge in [0.2, 0.25) is 5.95 Å². The van der Waals surface area contributed by atoms with Crippen molar-refractivity contribution in [2.75, 3.05) is 31.1 Å². The fourth-order valence-electron chi connectivity index (χ4n) is 3.29. The summed E-state index contributed by atoms with van der Waals surface area (Å²) in [6, 6.07) is 12.2. The molecule has 1 aromatic carbocycles. The van der Waals surface area contributed by atoms with Crippen LogP contribution in [0.3, 0.4) is 0 Å². The predicted octanol–water partition coefficient (Wildman–Crippen LogP) is 1.13. The van der Waals surface area contributed by atoms with E-state index in [2.05, 4.69) is 55.4 Å². The van der Waals surface area contributed by atoms with E-state index in [0.717, 1.165) is 47.8 Å². The van der Waals surface area contributed by atoms with Gasteiger partial charge in [-0.05, 0) is 6.92 Å². The van der Waals surface area contributed by atoms with E-state index in [1.165, 1.54) is 5.56 Å². The number of hydrogen-bond acceptors (Lipinski definition) is 7. The van der Waals surface area contributed by atoms with Gasteiger partial charge in [-0.25, -0.2) is 4.98 Å². The molecule has 28 heavy (non-hydrogen) atoms. The second kappa shape index (κ2) is 8.85. The maximum Gasteiger partial charge on any atom is 0.252 e. The monoisotopic (exact) mass is 415 g/mol. The van der Waals surface area contributed by atoms with Crippen molar-refractivity contribution >= 4 is 29.0 Å². The molecule has 146 valence electrons. The zero-order chi connectivity index (χ0) is 19.3. The van der Waals surface area contributed by atoms with E-state index in [9.17, 15) is 4.79 Å². The van der Waals surface area contributed by atoms with E-state index in [1.54, 1.807) is 34.1 Å². The van der Waals surface area contributed by atoms with Gasteiger partial charge in [-0.15, -0.1) is 10.2 Å². The molecule has 3 heterocycles. The Morgan fingerprint density at radius 1 is 1.21 bits per heavy atom. The summed E-state index contributed by atoms with van der Waals surface area (Å²) in [5.74, 6) is 1.29. The van der Waals surface area contributed by atoms with Gasteiger partial charge in [0.05, 0.1) is 31.9 Å². The number of thioether (sulfide) groups is 1. The molecule has 1 saturated heterocycles. The van der Waals surface area contributed by atoms with Crippen LogP contribution in [0.25, 0.3) is 0 Å². The summed E-state index contributed by atoms with van der Waals surface area (Å²) >= 11 is 3.13. The number of aromatic nitrogens is 4. The molecule has 0 radical (unpaired) electrons. The molecule has 7 nitrogen and oxygen atoms in total. The molecular weight excluding hydrogens is 392 g/mol. The number of hydrogen-bond donors (Lipinski definition) is 2. The molecule has 2 N–H and O–H groups in total. The van der Waals surface area contributed by atoms with Crippen LogP contribution in [0.5, 0.6) is 0 Å². The van der Waals surface area contributed by atoms with Crippen molar-refractivity contribution in [1.82, 2.24) is 20.2 Å². The quantitative estimate of drug-likeness (QED) is 0.588. The van der Waals surface area contributed by atoms with Gasteiger partial charge >= 0.3 is 0 Å². The summed E-state index contributed by atoms with van der Waals surface area (Å²) in [6.07, 6.45) is 0. The topological polar surface area (TPSA) is 79.2 Å². The normalized spacial score (nSPS) is 15.1. The summed E-state index contributed by atoms with van der Waals surface area (Å²) in [7, 11) is 0. The Labute approximate surface area is 171 Å². The molecule has 0 spiro atoms. The number of rotatable bonds is 6. The Hall–Kier alpha value is -2.23. The van der Waals surface area contributed by atoms with Gasteiger partial charge < -0.3 is 9.80 Å². The minimum absolute atomic E-state index is 0.104. The van der Waals surface area contributed by atoms with E-state index in [4.69, 9.17) is 0 Å². The van der Waals surface area contributed by atoms with E-state index < -0.39 is 0 Å². The highest BCUT2D eigenvalue weighted by Crippen LogP contribution is 2.24. The lowest BCUT2D eigenvalue weighted by Gasteiger charge is -2.32. The van der Waals surface area contributed by atoms with Gasteiger partial charge in [-0.2, -0.15) is 0 Å². The van der Waals surface area contributed by atoms with Gasteiger partial charge in [0.25, 0.3) is 5.56 Å². The van der Waals surface area contributed by atoms with Crippen LogP contribution in [-0.2, 0) is 12.3 Å². The molecule has 1 aliphatic heterocycles. The SMILES string of the molecule is Cc1nnc(SCc2cc(=O)[nH]c(N3CC[NH+](Cc4ccccc4)CC3)n2)s1. The zero-order valence-electron chi connectivity index (χ0n) is 15.7. The third-order valence-electron chi connectivity index (χ3n) is 4.70. The highest BCUT2D eigenvalue weighted by molar-refractivity contribution is 8.00. The highest BCUT2D eigenvalue weighted by atomic mass is 32.2. The summed E-state index contributed by atoms with van der Waals surface area (Å²) in [6.45, 7) is 6.80. The van der Waals surface area contributed by atoms with Crippen LogP contribution in [0, 0.1) is 6.92 Å². The molecule has 4 rings (SSSR count). The first-order valence-corrected chi connectivity index (χ1v) is 11.1. The summed E-state index contributed by atoms with van der Waals surface area (Å²) in [4.78, 5) is 23.4. The van der Waals surface area contributed by atoms with E-state index in [0.29, 0.717) is 11.7 Å². The first-order valence-electron chi connectivity index (χ1n) is 9.31. The maximum atomic E-state index is 12.1. The average molecular weight is 416 g/mol. The molecule has 9 heteroatoms. The van der Waals surface area contributed by atoms with Crippen molar-refractivity contribution in [3.8, 4) is 0 Å². The van der Waals surface area contributed by atoms with Gasteiger partial charge in [0, 0.05) is 17.4 Å². The average Bonchev–Trinajstić information content (AvgIpc) is 3.13. The number of aromatic amines is 1. The third kappa shape index (κ3) is 4.98. The zero-order valence-corrected chi connectivity index (χ0v) is 17.4. The number of H-pyrrole nitrogens is 1. The Morgan fingerprint density at radius 2 is 2.00 bits per heavy atom. The molecule has 0 saturated carbocycles. The molecule has 0 aliphatic carbocycles. The largest absolute Gasteiger partial charge is 0.331 e. The van der Waals surface area contributed by atoms with Crippen molar-refractivity contribution < 1.29 is 4.90 Å². The predicted molar refractivity (Wildman–Crippen MR) is 112 cm³/mol. The first-order chi connectivity index (χ1) is 13.7. The lowest BCUT2D eigenvalue weighted by Crippen LogP contribution is -3.13. The molecule has 0 amide bonds. The number of nitrogens with zero attached hydrogens (tertiary/aromatic N) is 4. The van der Waals surface area contributed by atoms with Crippen molar-refractivity contribution in [2.24, 2.45) is 0 Å². The van der Waals surface area contributed by atoms with Crippen LogP contribution in [0.4, 0.5) is 5.95 Å². The highest BCUT2D eigenvalue weighted by Gasteiger charge is 2.22. The summed E-state index contributed by atoms with van der Waals surface area (Å²) in [5.41, 5.74) is 2.03. The minimum Gasteiger partial charge on any atom is -0.331 e. The molecule has 0 atom stereocenters. The Balaban J connectivity index is 1.36. The molecule has 1 aliphatic rings. The number of piperazine rings is 1. The Kier molecular flexibility index (Phi) is 6.04. The Bertz CT molecular complexity index is 966. The summed E-state index contributed by atoms with van der Waals surface area (Å²) < 4.78 is 0.902. The van der Waals surface area contributed by atoms with E-state index in [1.807, 2.05) is 6.92 Å². The van der Waals surface area contributed by atoms with Gasteiger partial charge in [-0.3, -0.25) is 9.78 Å². The summed E-state index contributed by atoms with van der Waals surface area (Å²) in [5, 5.41) is 9.08. The lowest BCUT2D eigenvalue weighted by atomic mass is 10.2. The van der Waals surface area contributed by atoms with Crippen molar-refractivity contribution in [3.63, 3.8) is 0 Å². The number of nitrogens with one attached hydrogen (secondary N) is 2. The second-order valence-corrected chi connectivity index (χ2v) is 9.24. The smallest absolute Gasteiger partial charge is 0.252 e. The third-order valence-corrected chi connectivity index (χ3v) is 6.71. The van der Waals surface area contributed by atoms with Crippen LogP contribution in [0.15, 0.2) is 45.5 Å². The van der Waals surface area contributed by atoms with Gasteiger partial charge in [-0.1, -0.05) is 53.4 Å². The molecule has 2 aromatic heterocycles. The molecule has 0 bridgehead atoms. The van der Waals surface area contributed by atoms with Crippen molar-refractivity contribution in [3.05, 3.63) is 63.0 Å². The minimum atomic E-state index is -0.104. The fraction of sp³-hybridized carbons (Fsp3) is 0.368. The number of quaternary nitrogens is 1. The first kappa shape index (κ1) is 19.1. The standard InChI is InChI=1S/C19H22N6OS2/c1-14-22-23-19(28-14)27-13-16-11-17(26)21-18(20-16)25-9-7-24(8-10-25)12-15-5-3-2-4-6-15/h2-6,11H,7-10,12-13H2,1H3,(H,20,21,26)/p+1. The molecule has 0 unspecified atom stereocenters. The molecule has 3 aromatic rings. The van der Waals surface area contributed by atoms with Crippen LogP contribution in [0.1, 0.15) is 16.3 Å².